The Kier molecular flexibility index (Phi) is 7.80. The highest BCUT2D eigenvalue weighted by atomic mass is 19.1. The molecule has 38 heavy (non-hydrogen) atoms. The second-order valence-corrected chi connectivity index (χ2v) is 10.5. The lowest BCUT2D eigenvalue weighted by atomic mass is 9.87. The first kappa shape index (κ1) is 27.2. The van der Waals surface area contributed by atoms with E-state index in [0.717, 1.165) is 33.1 Å². The molecule has 0 aromatic heterocycles. The third-order valence-corrected chi connectivity index (χ3v) is 7.22. The molecular formula is C28H31F2N3O5. The molecule has 1 aliphatic heterocycles. The van der Waals surface area contributed by atoms with Gasteiger partial charge in [0.25, 0.3) is 0 Å². The van der Waals surface area contributed by atoms with E-state index in [1.54, 1.807) is 0 Å². The molecule has 4 rings (SSSR count). The summed E-state index contributed by atoms with van der Waals surface area (Å²) in [7, 11) is 1.22. The van der Waals surface area contributed by atoms with Crippen molar-refractivity contribution in [2.75, 3.05) is 13.6 Å². The molecular weight excluding hydrogens is 496 g/mol. The first-order valence-corrected chi connectivity index (χ1v) is 12.6. The molecule has 1 saturated heterocycles. The molecule has 0 bridgehead atoms. The van der Waals surface area contributed by atoms with Gasteiger partial charge >= 0.3 is 5.97 Å². The number of halogens is 2. The number of carboxylic acids is 1. The number of nitrogens with one attached hydrogen (secondary N) is 1. The van der Waals surface area contributed by atoms with Crippen LogP contribution in [0.4, 0.5) is 8.78 Å². The Labute approximate surface area is 219 Å². The molecule has 3 atom stereocenters. The summed E-state index contributed by atoms with van der Waals surface area (Å²) in [4.78, 5) is 54.7. The fraction of sp³-hybridized carbons (Fsp3) is 0.429. The molecule has 1 aliphatic carbocycles. The van der Waals surface area contributed by atoms with E-state index in [2.05, 4.69) is 5.32 Å². The third-order valence-electron chi connectivity index (χ3n) is 7.22. The number of benzene rings is 2. The van der Waals surface area contributed by atoms with E-state index in [4.69, 9.17) is 0 Å². The number of fused-ring (bicyclic) bond motifs is 1. The van der Waals surface area contributed by atoms with Crippen molar-refractivity contribution < 1.29 is 33.1 Å². The standard InChI is InChI=1S/C28H31F2N3O5/c1-15(2)10-22-26(36)31-24(18-11-16-6-4-5-7-17(16)12-18)27(37)33(22)25(28(38)32(3)14-23(34)35)20-9-8-19(29)13-21(20)30/h4-9,13,15,18,22,24-25H,10-12,14H2,1-3H3,(H,31,36)(H,34,35). The average molecular weight is 528 g/mol. The normalized spacial score (nSPS) is 20.3. The minimum absolute atomic E-state index is 0.0705. The highest BCUT2D eigenvalue weighted by Crippen LogP contribution is 2.36. The zero-order valence-electron chi connectivity index (χ0n) is 21.5. The maximum absolute atomic E-state index is 15.2. The Morgan fingerprint density at radius 2 is 1.74 bits per heavy atom. The molecule has 3 amide bonds. The Bertz CT molecular complexity index is 1240. The van der Waals surface area contributed by atoms with E-state index in [1.165, 1.54) is 7.05 Å². The van der Waals surface area contributed by atoms with Gasteiger partial charge in [0.2, 0.25) is 17.7 Å². The van der Waals surface area contributed by atoms with Crippen molar-refractivity contribution in [2.45, 2.75) is 51.2 Å². The van der Waals surface area contributed by atoms with E-state index in [1.807, 2.05) is 38.1 Å². The number of nitrogens with zero attached hydrogens (tertiary/aromatic N) is 2. The lowest BCUT2D eigenvalue weighted by molar-refractivity contribution is -0.161. The van der Waals surface area contributed by atoms with Crippen LogP contribution in [0.1, 0.15) is 43.0 Å². The van der Waals surface area contributed by atoms with Gasteiger partial charge in [0.1, 0.15) is 36.3 Å². The molecule has 1 heterocycles. The predicted molar refractivity (Wildman–Crippen MR) is 134 cm³/mol. The van der Waals surface area contributed by atoms with Crippen LogP contribution in [0.15, 0.2) is 42.5 Å². The highest BCUT2D eigenvalue weighted by Gasteiger charge is 2.50. The van der Waals surface area contributed by atoms with Crippen LogP contribution in [0.3, 0.4) is 0 Å². The smallest absolute Gasteiger partial charge is 0.323 e. The zero-order valence-corrected chi connectivity index (χ0v) is 21.5. The summed E-state index contributed by atoms with van der Waals surface area (Å²) in [6.45, 7) is 2.99. The summed E-state index contributed by atoms with van der Waals surface area (Å²) < 4.78 is 29.0. The molecule has 2 aromatic rings. The van der Waals surface area contributed by atoms with Crippen molar-refractivity contribution in [2.24, 2.45) is 11.8 Å². The number of amides is 3. The molecule has 0 radical (unpaired) electrons. The SMILES string of the molecule is CC(C)CC1C(=O)NC(C2Cc3ccccc3C2)C(=O)N1C(C(=O)N(C)CC(=O)O)c1ccc(F)cc1F. The summed E-state index contributed by atoms with van der Waals surface area (Å²) in [5.74, 6) is -5.51. The van der Waals surface area contributed by atoms with Gasteiger partial charge in [0.05, 0.1) is 0 Å². The molecule has 8 nitrogen and oxygen atoms in total. The van der Waals surface area contributed by atoms with Gasteiger partial charge in [-0.3, -0.25) is 19.2 Å². The second-order valence-electron chi connectivity index (χ2n) is 10.5. The van der Waals surface area contributed by atoms with Gasteiger partial charge in [-0.05, 0) is 48.3 Å². The molecule has 0 saturated carbocycles. The molecule has 3 unspecified atom stereocenters. The Balaban J connectivity index is 1.80. The number of rotatable bonds is 8. The zero-order chi connectivity index (χ0) is 27.7. The summed E-state index contributed by atoms with van der Waals surface area (Å²) in [5, 5.41) is 12.1. The molecule has 202 valence electrons. The van der Waals surface area contributed by atoms with Gasteiger partial charge in [0, 0.05) is 18.7 Å². The minimum atomic E-state index is -1.66. The van der Waals surface area contributed by atoms with Crippen molar-refractivity contribution in [1.82, 2.24) is 15.1 Å². The lowest BCUT2D eigenvalue weighted by Gasteiger charge is -2.45. The minimum Gasteiger partial charge on any atom is -0.480 e. The maximum atomic E-state index is 15.2. The number of carbonyl (C=O) groups excluding carboxylic acids is 3. The number of carbonyl (C=O) groups is 4. The van der Waals surface area contributed by atoms with Crippen molar-refractivity contribution in [3.63, 3.8) is 0 Å². The second kappa shape index (κ2) is 10.9. The van der Waals surface area contributed by atoms with Crippen molar-refractivity contribution in [3.05, 3.63) is 70.8 Å². The van der Waals surface area contributed by atoms with Gasteiger partial charge in [-0.2, -0.15) is 0 Å². The average Bonchev–Trinajstić information content (AvgIpc) is 3.27. The van der Waals surface area contributed by atoms with Crippen molar-refractivity contribution in [1.29, 1.82) is 0 Å². The molecule has 0 spiro atoms. The molecule has 2 aromatic carbocycles. The van der Waals surface area contributed by atoms with Crippen LogP contribution < -0.4 is 5.32 Å². The van der Waals surface area contributed by atoms with Crippen LogP contribution in [0, 0.1) is 23.5 Å². The van der Waals surface area contributed by atoms with Crippen LogP contribution in [0.5, 0.6) is 0 Å². The van der Waals surface area contributed by atoms with Gasteiger partial charge in [0.15, 0.2) is 0 Å². The quantitative estimate of drug-likeness (QED) is 0.549. The largest absolute Gasteiger partial charge is 0.480 e. The topological polar surface area (TPSA) is 107 Å². The summed E-state index contributed by atoms with van der Waals surface area (Å²) in [6.07, 6.45) is 1.26. The fourth-order valence-corrected chi connectivity index (χ4v) is 5.49. The number of carboxylic acid groups (broad SMARTS) is 1. The van der Waals surface area contributed by atoms with Crippen molar-refractivity contribution >= 4 is 23.7 Å². The maximum Gasteiger partial charge on any atom is 0.323 e. The monoisotopic (exact) mass is 527 g/mol. The van der Waals surface area contributed by atoms with Crippen LogP contribution in [0.25, 0.3) is 0 Å². The Hall–Kier alpha value is -3.82. The van der Waals surface area contributed by atoms with Crippen LogP contribution in [-0.4, -0.2) is 64.3 Å². The summed E-state index contributed by atoms with van der Waals surface area (Å²) >= 11 is 0. The summed E-state index contributed by atoms with van der Waals surface area (Å²) in [6, 6.07) is 6.62. The first-order valence-electron chi connectivity index (χ1n) is 12.6. The molecule has 2 aliphatic rings. The molecule has 10 heteroatoms. The van der Waals surface area contributed by atoms with Crippen molar-refractivity contribution in [3.8, 4) is 0 Å². The van der Waals surface area contributed by atoms with Gasteiger partial charge < -0.3 is 20.2 Å². The number of likely N-dealkylation sites (N-methyl/N-ethyl adjacent to an activating group) is 1. The third kappa shape index (κ3) is 5.39. The van der Waals surface area contributed by atoms with Crippen LogP contribution in [0.2, 0.25) is 0 Å². The van der Waals surface area contributed by atoms with Crippen LogP contribution in [-0.2, 0) is 32.0 Å². The fourth-order valence-electron chi connectivity index (χ4n) is 5.49. The highest BCUT2D eigenvalue weighted by molar-refractivity contribution is 6.00. The van der Waals surface area contributed by atoms with E-state index >= 15 is 4.39 Å². The van der Waals surface area contributed by atoms with E-state index in [0.29, 0.717) is 18.9 Å². The molecule has 2 N–H and O–H groups in total. The lowest BCUT2D eigenvalue weighted by Crippen LogP contribution is -2.67. The first-order chi connectivity index (χ1) is 18.0. The number of aliphatic carboxylic acids is 1. The number of piperazine rings is 1. The van der Waals surface area contributed by atoms with Crippen LogP contribution >= 0.6 is 0 Å². The molecule has 1 fully saturated rings. The van der Waals surface area contributed by atoms with Gasteiger partial charge in [-0.15, -0.1) is 0 Å². The van der Waals surface area contributed by atoms with E-state index in [-0.39, 0.29) is 23.8 Å². The van der Waals surface area contributed by atoms with E-state index in [9.17, 15) is 28.7 Å². The Morgan fingerprint density at radius 1 is 1.11 bits per heavy atom. The Morgan fingerprint density at radius 3 is 2.29 bits per heavy atom. The summed E-state index contributed by atoms with van der Waals surface area (Å²) in [5.41, 5.74) is 1.82. The number of hydrogen-bond donors (Lipinski definition) is 2. The van der Waals surface area contributed by atoms with Gasteiger partial charge in [-0.25, -0.2) is 8.78 Å². The predicted octanol–water partition coefficient (Wildman–Crippen LogP) is 2.71. The number of hydrogen-bond acceptors (Lipinski definition) is 4. The van der Waals surface area contributed by atoms with E-state index < -0.39 is 60.0 Å². The van der Waals surface area contributed by atoms with Gasteiger partial charge in [-0.1, -0.05) is 44.2 Å².